The Kier molecular flexibility index (Phi) is 3.76. The molecule has 4 heteroatoms. The fraction of sp³-hybridized carbons (Fsp3) is 0.562. The number of carbonyl (C=O) groups is 1. The van der Waals surface area contributed by atoms with Gasteiger partial charge in [0.2, 0.25) is 0 Å². The summed E-state index contributed by atoms with van der Waals surface area (Å²) in [5.41, 5.74) is 2.93. The minimum Gasteiger partial charge on any atom is -0.478 e. The van der Waals surface area contributed by atoms with Gasteiger partial charge in [0.15, 0.2) is 0 Å². The molecule has 1 aromatic carbocycles. The number of rotatable bonds is 2. The summed E-state index contributed by atoms with van der Waals surface area (Å²) in [6.07, 6.45) is 3.50. The Morgan fingerprint density at radius 3 is 2.65 bits per heavy atom. The lowest BCUT2D eigenvalue weighted by atomic mass is 9.94. The maximum absolute atomic E-state index is 11.1. The highest BCUT2D eigenvalue weighted by molar-refractivity contribution is 5.87. The third-order valence-corrected chi connectivity index (χ3v) is 4.70. The lowest BCUT2D eigenvalue weighted by molar-refractivity contribution is 0.0696. The van der Waals surface area contributed by atoms with Gasteiger partial charge in [-0.15, -0.1) is 0 Å². The van der Waals surface area contributed by atoms with Crippen LogP contribution in [0.3, 0.4) is 0 Å². The maximum atomic E-state index is 11.1. The molecule has 0 aromatic heterocycles. The summed E-state index contributed by atoms with van der Waals surface area (Å²) in [6, 6.07) is 6.24. The molecule has 2 heterocycles. The second-order valence-corrected chi connectivity index (χ2v) is 6.04. The van der Waals surface area contributed by atoms with E-state index < -0.39 is 5.97 Å². The second-order valence-electron chi connectivity index (χ2n) is 6.04. The van der Waals surface area contributed by atoms with Crippen LogP contribution in [0.15, 0.2) is 18.2 Å². The first kappa shape index (κ1) is 13.6. The minimum atomic E-state index is -0.829. The van der Waals surface area contributed by atoms with Crippen LogP contribution in [0.4, 0.5) is 0 Å². The topological polar surface area (TPSA) is 43.8 Å². The fourth-order valence-corrected chi connectivity index (χ4v) is 3.38. The molecule has 3 rings (SSSR count). The van der Waals surface area contributed by atoms with Crippen molar-refractivity contribution in [2.24, 2.45) is 0 Å². The highest BCUT2D eigenvalue weighted by atomic mass is 16.4. The molecule has 108 valence electrons. The van der Waals surface area contributed by atoms with Crippen LogP contribution in [0.25, 0.3) is 0 Å². The van der Waals surface area contributed by atoms with Crippen LogP contribution in [0.2, 0.25) is 0 Å². The zero-order chi connectivity index (χ0) is 14.1. The van der Waals surface area contributed by atoms with Gasteiger partial charge in [0, 0.05) is 19.1 Å². The molecule has 2 aliphatic heterocycles. The first-order valence-corrected chi connectivity index (χ1v) is 7.41. The molecule has 1 saturated heterocycles. The molecule has 0 bridgehead atoms. The first-order chi connectivity index (χ1) is 9.63. The molecule has 0 aliphatic carbocycles. The van der Waals surface area contributed by atoms with Crippen molar-refractivity contribution in [2.45, 2.75) is 31.8 Å². The molecule has 0 atom stereocenters. The highest BCUT2D eigenvalue weighted by Gasteiger charge is 2.26. The SMILES string of the molecule is CN1CCC(N2CCc3ccc(C(=O)O)cc3C2)CC1. The summed E-state index contributed by atoms with van der Waals surface area (Å²) in [7, 11) is 2.18. The van der Waals surface area contributed by atoms with Gasteiger partial charge in [0.1, 0.15) is 0 Å². The van der Waals surface area contributed by atoms with E-state index in [9.17, 15) is 4.79 Å². The number of aromatic carboxylic acids is 1. The van der Waals surface area contributed by atoms with Crippen LogP contribution in [-0.4, -0.2) is 53.6 Å². The van der Waals surface area contributed by atoms with E-state index in [2.05, 4.69) is 16.8 Å². The standard InChI is InChI=1S/C16H22N2O2/c1-17-7-5-15(6-8-17)18-9-4-12-2-3-13(16(19)20)10-14(12)11-18/h2-3,10,15H,4-9,11H2,1H3,(H,19,20). The summed E-state index contributed by atoms with van der Waals surface area (Å²) in [5.74, 6) is -0.829. The van der Waals surface area contributed by atoms with Crippen molar-refractivity contribution < 1.29 is 9.90 Å². The molecular formula is C16H22N2O2. The molecule has 1 N–H and O–H groups in total. The minimum absolute atomic E-state index is 0.411. The van der Waals surface area contributed by atoms with Gasteiger partial charge in [-0.3, -0.25) is 4.90 Å². The van der Waals surface area contributed by atoms with Crippen molar-refractivity contribution in [3.63, 3.8) is 0 Å². The van der Waals surface area contributed by atoms with E-state index in [1.807, 2.05) is 12.1 Å². The number of hydrogen-bond donors (Lipinski definition) is 1. The fourth-order valence-electron chi connectivity index (χ4n) is 3.38. The van der Waals surface area contributed by atoms with Gasteiger partial charge in [-0.05, 0) is 62.7 Å². The molecule has 4 nitrogen and oxygen atoms in total. The van der Waals surface area contributed by atoms with Crippen LogP contribution >= 0.6 is 0 Å². The van der Waals surface area contributed by atoms with Crippen LogP contribution in [0, 0.1) is 0 Å². The molecule has 20 heavy (non-hydrogen) atoms. The lowest BCUT2D eigenvalue weighted by Crippen LogP contribution is -2.45. The summed E-state index contributed by atoms with van der Waals surface area (Å²) >= 11 is 0. The zero-order valence-electron chi connectivity index (χ0n) is 12.0. The van der Waals surface area contributed by atoms with Crippen molar-refractivity contribution in [1.29, 1.82) is 0 Å². The van der Waals surface area contributed by atoms with Gasteiger partial charge in [-0.1, -0.05) is 6.07 Å². The van der Waals surface area contributed by atoms with E-state index in [0.717, 1.165) is 19.5 Å². The number of carboxylic acid groups (broad SMARTS) is 1. The van der Waals surface area contributed by atoms with Gasteiger partial charge in [0.05, 0.1) is 5.56 Å². The molecule has 0 radical (unpaired) electrons. The van der Waals surface area contributed by atoms with E-state index in [1.54, 1.807) is 6.07 Å². The Bertz CT molecular complexity index is 507. The summed E-state index contributed by atoms with van der Waals surface area (Å²) in [6.45, 7) is 4.35. The molecule has 0 unspecified atom stereocenters. The number of fused-ring (bicyclic) bond motifs is 1. The van der Waals surface area contributed by atoms with E-state index in [4.69, 9.17) is 5.11 Å². The quantitative estimate of drug-likeness (QED) is 0.893. The molecule has 0 amide bonds. The Hall–Kier alpha value is -1.39. The van der Waals surface area contributed by atoms with Gasteiger partial charge >= 0.3 is 5.97 Å². The number of piperidine rings is 1. The smallest absolute Gasteiger partial charge is 0.335 e. The van der Waals surface area contributed by atoms with Crippen LogP contribution in [0.5, 0.6) is 0 Å². The largest absolute Gasteiger partial charge is 0.478 e. The van der Waals surface area contributed by atoms with Crippen molar-refractivity contribution in [1.82, 2.24) is 9.80 Å². The number of likely N-dealkylation sites (tertiary alicyclic amines) is 1. The van der Waals surface area contributed by atoms with Gasteiger partial charge in [-0.25, -0.2) is 4.79 Å². The first-order valence-electron chi connectivity index (χ1n) is 7.41. The molecule has 2 aliphatic rings. The van der Waals surface area contributed by atoms with Crippen molar-refractivity contribution in [3.05, 3.63) is 34.9 Å². The van der Waals surface area contributed by atoms with Crippen molar-refractivity contribution in [3.8, 4) is 0 Å². The monoisotopic (exact) mass is 274 g/mol. The highest BCUT2D eigenvalue weighted by Crippen LogP contribution is 2.25. The predicted molar refractivity (Wildman–Crippen MR) is 78.0 cm³/mol. The normalized spacial score (nSPS) is 21.6. The maximum Gasteiger partial charge on any atom is 0.335 e. The van der Waals surface area contributed by atoms with Crippen molar-refractivity contribution >= 4 is 5.97 Å². The molecule has 1 fully saturated rings. The van der Waals surface area contributed by atoms with Crippen LogP contribution in [-0.2, 0) is 13.0 Å². The predicted octanol–water partition coefficient (Wildman–Crippen LogP) is 1.84. The zero-order valence-corrected chi connectivity index (χ0v) is 12.0. The van der Waals surface area contributed by atoms with E-state index in [-0.39, 0.29) is 0 Å². The number of carboxylic acids is 1. The number of nitrogens with zero attached hydrogens (tertiary/aromatic N) is 2. The Balaban J connectivity index is 1.73. The van der Waals surface area contributed by atoms with E-state index >= 15 is 0 Å². The Labute approximate surface area is 120 Å². The molecular weight excluding hydrogens is 252 g/mol. The van der Waals surface area contributed by atoms with Gasteiger partial charge in [0.25, 0.3) is 0 Å². The third kappa shape index (κ3) is 2.72. The van der Waals surface area contributed by atoms with Crippen molar-refractivity contribution in [2.75, 3.05) is 26.7 Å². The summed E-state index contributed by atoms with van der Waals surface area (Å²) in [5, 5.41) is 9.11. The van der Waals surface area contributed by atoms with E-state index in [0.29, 0.717) is 11.6 Å². The summed E-state index contributed by atoms with van der Waals surface area (Å²) in [4.78, 5) is 16.0. The third-order valence-electron chi connectivity index (χ3n) is 4.70. The Morgan fingerprint density at radius 1 is 1.20 bits per heavy atom. The average molecular weight is 274 g/mol. The molecule has 0 saturated carbocycles. The lowest BCUT2D eigenvalue weighted by Gasteiger charge is -2.39. The average Bonchev–Trinajstić information content (AvgIpc) is 2.47. The van der Waals surface area contributed by atoms with E-state index in [1.165, 1.54) is 37.1 Å². The molecule has 1 aromatic rings. The van der Waals surface area contributed by atoms with Gasteiger partial charge in [-0.2, -0.15) is 0 Å². The van der Waals surface area contributed by atoms with Crippen LogP contribution < -0.4 is 0 Å². The summed E-state index contributed by atoms with van der Waals surface area (Å²) < 4.78 is 0. The second kappa shape index (κ2) is 5.54. The van der Waals surface area contributed by atoms with Gasteiger partial charge < -0.3 is 10.0 Å². The molecule has 0 spiro atoms. The van der Waals surface area contributed by atoms with Crippen LogP contribution in [0.1, 0.15) is 34.3 Å². The Morgan fingerprint density at radius 2 is 1.95 bits per heavy atom. The number of hydrogen-bond acceptors (Lipinski definition) is 3. The number of benzene rings is 1.